The number of aryl methyl sites for hydroxylation is 1. The van der Waals surface area contributed by atoms with Crippen LogP contribution in [0.15, 0.2) is 42.7 Å². The van der Waals surface area contributed by atoms with Gasteiger partial charge in [-0.1, -0.05) is 18.2 Å². The van der Waals surface area contributed by atoms with Gasteiger partial charge in [-0.25, -0.2) is 0 Å². The SMILES string of the molecule is Cc1cncc(C(Cc2ccc(C(F)(F)F)cc2)NN)c1. The minimum absolute atomic E-state index is 0.200. The fraction of sp³-hybridized carbons (Fsp3) is 0.267. The maximum absolute atomic E-state index is 12.5. The molecule has 0 spiro atoms. The molecule has 3 N–H and O–H groups in total. The number of alkyl halides is 3. The van der Waals surface area contributed by atoms with Gasteiger partial charge in [0.1, 0.15) is 0 Å². The van der Waals surface area contributed by atoms with E-state index in [1.807, 2.05) is 13.0 Å². The lowest BCUT2D eigenvalue weighted by molar-refractivity contribution is -0.137. The molecule has 0 fully saturated rings. The van der Waals surface area contributed by atoms with Gasteiger partial charge in [0.2, 0.25) is 0 Å². The third-order valence-electron chi connectivity index (χ3n) is 3.22. The van der Waals surface area contributed by atoms with Gasteiger partial charge in [0.05, 0.1) is 11.6 Å². The second kappa shape index (κ2) is 6.24. The van der Waals surface area contributed by atoms with Crippen LogP contribution in [0.3, 0.4) is 0 Å². The number of hydrazine groups is 1. The Labute approximate surface area is 121 Å². The van der Waals surface area contributed by atoms with E-state index in [-0.39, 0.29) is 6.04 Å². The Balaban J connectivity index is 2.15. The van der Waals surface area contributed by atoms with Gasteiger partial charge in [-0.05, 0) is 42.2 Å². The van der Waals surface area contributed by atoms with E-state index in [9.17, 15) is 13.2 Å². The molecule has 21 heavy (non-hydrogen) atoms. The molecular weight excluding hydrogens is 279 g/mol. The Morgan fingerprint density at radius 2 is 1.86 bits per heavy atom. The van der Waals surface area contributed by atoms with Crippen LogP contribution in [0.4, 0.5) is 13.2 Å². The molecule has 112 valence electrons. The number of halogens is 3. The zero-order valence-corrected chi connectivity index (χ0v) is 11.5. The van der Waals surface area contributed by atoms with Crippen LogP contribution in [-0.4, -0.2) is 4.98 Å². The number of nitrogens with two attached hydrogens (primary N) is 1. The zero-order chi connectivity index (χ0) is 15.5. The summed E-state index contributed by atoms with van der Waals surface area (Å²) < 4.78 is 37.6. The van der Waals surface area contributed by atoms with E-state index >= 15 is 0 Å². The molecule has 1 unspecified atom stereocenters. The summed E-state index contributed by atoms with van der Waals surface area (Å²) in [4.78, 5) is 4.10. The molecule has 0 aliphatic rings. The maximum Gasteiger partial charge on any atom is 0.416 e. The highest BCUT2D eigenvalue weighted by atomic mass is 19.4. The van der Waals surface area contributed by atoms with Crippen molar-refractivity contribution in [2.75, 3.05) is 0 Å². The monoisotopic (exact) mass is 295 g/mol. The largest absolute Gasteiger partial charge is 0.416 e. The van der Waals surface area contributed by atoms with Crippen LogP contribution < -0.4 is 11.3 Å². The van der Waals surface area contributed by atoms with Crippen molar-refractivity contribution >= 4 is 0 Å². The van der Waals surface area contributed by atoms with E-state index in [4.69, 9.17) is 5.84 Å². The van der Waals surface area contributed by atoms with Crippen molar-refractivity contribution in [3.8, 4) is 0 Å². The Morgan fingerprint density at radius 1 is 1.19 bits per heavy atom. The fourth-order valence-electron chi connectivity index (χ4n) is 2.11. The molecular formula is C15H16F3N3. The van der Waals surface area contributed by atoms with Crippen LogP contribution in [0.2, 0.25) is 0 Å². The third kappa shape index (κ3) is 4.03. The summed E-state index contributed by atoms with van der Waals surface area (Å²) in [6.45, 7) is 1.92. The Kier molecular flexibility index (Phi) is 4.59. The standard InChI is InChI=1S/C15H16F3N3/c1-10-6-12(9-20-8-10)14(21-19)7-11-2-4-13(5-3-11)15(16,17)18/h2-6,8-9,14,21H,7,19H2,1H3. The van der Waals surface area contributed by atoms with Crippen LogP contribution in [0.5, 0.6) is 0 Å². The minimum atomic E-state index is -4.31. The van der Waals surface area contributed by atoms with Crippen molar-refractivity contribution < 1.29 is 13.2 Å². The summed E-state index contributed by atoms with van der Waals surface area (Å²) in [7, 11) is 0. The zero-order valence-electron chi connectivity index (χ0n) is 11.5. The maximum atomic E-state index is 12.5. The number of aromatic nitrogens is 1. The molecule has 0 radical (unpaired) electrons. The number of rotatable bonds is 4. The predicted octanol–water partition coefficient (Wildman–Crippen LogP) is 3.16. The summed E-state index contributed by atoms with van der Waals surface area (Å²) in [5.41, 5.74) is 4.70. The molecule has 0 amide bonds. The van der Waals surface area contributed by atoms with Gasteiger partial charge < -0.3 is 0 Å². The van der Waals surface area contributed by atoms with Crippen molar-refractivity contribution in [3.05, 3.63) is 65.0 Å². The summed E-state index contributed by atoms with van der Waals surface area (Å²) in [5, 5.41) is 0. The highest BCUT2D eigenvalue weighted by Gasteiger charge is 2.30. The van der Waals surface area contributed by atoms with E-state index < -0.39 is 11.7 Å². The Bertz CT molecular complexity index is 594. The molecule has 0 aliphatic heterocycles. The molecule has 2 aromatic rings. The first-order valence-corrected chi connectivity index (χ1v) is 6.44. The Hall–Kier alpha value is -1.92. The number of hydrogen-bond donors (Lipinski definition) is 2. The highest BCUT2D eigenvalue weighted by molar-refractivity contribution is 5.27. The lowest BCUT2D eigenvalue weighted by Gasteiger charge is -2.17. The first-order valence-electron chi connectivity index (χ1n) is 6.44. The van der Waals surface area contributed by atoms with Crippen LogP contribution in [0.25, 0.3) is 0 Å². The number of nitrogens with one attached hydrogen (secondary N) is 1. The van der Waals surface area contributed by atoms with E-state index in [2.05, 4.69) is 10.4 Å². The van der Waals surface area contributed by atoms with Crippen molar-refractivity contribution in [1.82, 2.24) is 10.4 Å². The van der Waals surface area contributed by atoms with Gasteiger partial charge in [0.25, 0.3) is 0 Å². The van der Waals surface area contributed by atoms with Gasteiger partial charge in [-0.2, -0.15) is 13.2 Å². The third-order valence-corrected chi connectivity index (χ3v) is 3.22. The second-order valence-electron chi connectivity index (χ2n) is 4.91. The van der Waals surface area contributed by atoms with Crippen molar-refractivity contribution in [3.63, 3.8) is 0 Å². The summed E-state index contributed by atoms with van der Waals surface area (Å²) >= 11 is 0. The summed E-state index contributed by atoms with van der Waals surface area (Å²) in [5.74, 6) is 5.54. The number of nitrogens with zero attached hydrogens (tertiary/aromatic N) is 1. The molecule has 1 aromatic carbocycles. The van der Waals surface area contributed by atoms with E-state index in [1.54, 1.807) is 12.4 Å². The normalized spacial score (nSPS) is 13.2. The van der Waals surface area contributed by atoms with Crippen molar-refractivity contribution in [1.29, 1.82) is 0 Å². The van der Waals surface area contributed by atoms with E-state index in [0.717, 1.165) is 28.8 Å². The molecule has 6 heteroatoms. The molecule has 1 aromatic heterocycles. The van der Waals surface area contributed by atoms with Crippen molar-refractivity contribution in [2.24, 2.45) is 5.84 Å². The first kappa shape index (κ1) is 15.5. The molecule has 0 aliphatic carbocycles. The molecule has 0 saturated heterocycles. The van der Waals surface area contributed by atoms with Crippen LogP contribution in [0, 0.1) is 6.92 Å². The predicted molar refractivity (Wildman–Crippen MR) is 74.2 cm³/mol. The van der Waals surface area contributed by atoms with Crippen LogP contribution >= 0.6 is 0 Å². The smallest absolute Gasteiger partial charge is 0.271 e. The van der Waals surface area contributed by atoms with Gasteiger partial charge in [0.15, 0.2) is 0 Å². The average Bonchev–Trinajstić information content (AvgIpc) is 2.44. The fourth-order valence-corrected chi connectivity index (χ4v) is 2.11. The first-order chi connectivity index (χ1) is 9.90. The Morgan fingerprint density at radius 3 is 2.38 bits per heavy atom. The lowest BCUT2D eigenvalue weighted by atomic mass is 9.99. The number of hydrogen-bond acceptors (Lipinski definition) is 3. The molecule has 2 rings (SSSR count). The molecule has 1 atom stereocenters. The quantitative estimate of drug-likeness (QED) is 0.673. The summed E-state index contributed by atoms with van der Waals surface area (Å²) in [6.07, 6.45) is -0.402. The topological polar surface area (TPSA) is 50.9 Å². The highest BCUT2D eigenvalue weighted by Crippen LogP contribution is 2.29. The van der Waals surface area contributed by atoms with Crippen LogP contribution in [0.1, 0.15) is 28.3 Å². The average molecular weight is 295 g/mol. The molecule has 0 saturated carbocycles. The lowest BCUT2D eigenvalue weighted by Crippen LogP contribution is -2.29. The number of pyridine rings is 1. The van der Waals surface area contributed by atoms with Gasteiger partial charge in [-0.3, -0.25) is 16.3 Å². The number of benzene rings is 1. The van der Waals surface area contributed by atoms with Crippen molar-refractivity contribution in [2.45, 2.75) is 25.6 Å². The van der Waals surface area contributed by atoms with Gasteiger partial charge in [0, 0.05) is 12.4 Å². The van der Waals surface area contributed by atoms with Gasteiger partial charge in [-0.15, -0.1) is 0 Å². The van der Waals surface area contributed by atoms with Crippen LogP contribution in [-0.2, 0) is 12.6 Å². The summed E-state index contributed by atoms with van der Waals surface area (Å²) in [6, 6.07) is 6.84. The second-order valence-corrected chi connectivity index (χ2v) is 4.91. The van der Waals surface area contributed by atoms with E-state index in [0.29, 0.717) is 6.42 Å². The molecule has 1 heterocycles. The van der Waals surface area contributed by atoms with Gasteiger partial charge >= 0.3 is 6.18 Å². The molecule has 3 nitrogen and oxygen atoms in total. The van der Waals surface area contributed by atoms with E-state index in [1.165, 1.54) is 12.1 Å². The molecule has 0 bridgehead atoms. The minimum Gasteiger partial charge on any atom is -0.271 e.